The fraction of sp³-hybridized carbons (Fsp3) is 0.750. The average molecular weight is 247 g/mol. The normalized spacial score (nSPS) is 12.2. The monoisotopic (exact) mass is 247 g/mol. The second-order valence-electron chi connectivity index (χ2n) is 3.14. The zero-order valence-electron chi connectivity index (χ0n) is 9.50. The van der Waals surface area contributed by atoms with Gasteiger partial charge < -0.3 is 0 Å². The van der Waals surface area contributed by atoms with E-state index in [0.29, 0.717) is 26.2 Å². The first kappa shape index (κ1) is 13.1. The summed E-state index contributed by atoms with van der Waals surface area (Å²) in [5, 5.41) is 3.88. The van der Waals surface area contributed by atoms with Crippen LogP contribution >= 0.6 is 0 Å². The molecule has 0 aromatic carbocycles. The fourth-order valence-corrected chi connectivity index (χ4v) is 2.50. The zero-order chi connectivity index (χ0) is 12.0. The van der Waals surface area contributed by atoms with Crippen molar-refractivity contribution in [2.45, 2.75) is 20.4 Å². The first-order chi connectivity index (χ1) is 7.60. The SMILES string of the molecule is CCN(CC)S(=O)(=O)NCCn1cncn1. The van der Waals surface area contributed by atoms with E-state index in [0.717, 1.165) is 0 Å². The highest BCUT2D eigenvalue weighted by molar-refractivity contribution is 7.87. The molecule has 0 aliphatic heterocycles. The van der Waals surface area contributed by atoms with Crippen molar-refractivity contribution >= 4 is 10.2 Å². The van der Waals surface area contributed by atoms with Gasteiger partial charge in [-0.2, -0.15) is 17.8 Å². The Bertz CT molecular complexity index is 385. The highest BCUT2D eigenvalue weighted by Crippen LogP contribution is 1.95. The molecule has 0 aliphatic rings. The second kappa shape index (κ2) is 5.92. The summed E-state index contributed by atoms with van der Waals surface area (Å²) in [6.45, 7) is 5.33. The van der Waals surface area contributed by atoms with Gasteiger partial charge in [-0.05, 0) is 0 Å². The van der Waals surface area contributed by atoms with Crippen molar-refractivity contribution in [2.24, 2.45) is 0 Å². The van der Waals surface area contributed by atoms with Crippen LogP contribution in [0.25, 0.3) is 0 Å². The molecule has 7 nitrogen and oxygen atoms in total. The predicted octanol–water partition coefficient (Wildman–Crippen LogP) is -0.546. The third-order valence-corrected chi connectivity index (χ3v) is 3.90. The number of nitrogens with one attached hydrogen (secondary N) is 1. The molecular formula is C8H17N5O2S. The molecule has 1 N–H and O–H groups in total. The molecule has 8 heteroatoms. The Morgan fingerprint density at radius 3 is 2.56 bits per heavy atom. The van der Waals surface area contributed by atoms with Crippen molar-refractivity contribution in [3.05, 3.63) is 12.7 Å². The molecule has 0 radical (unpaired) electrons. The van der Waals surface area contributed by atoms with Crippen LogP contribution in [0.3, 0.4) is 0 Å². The molecule has 0 aliphatic carbocycles. The molecule has 1 aromatic heterocycles. The Balaban J connectivity index is 2.42. The Morgan fingerprint density at radius 2 is 2.06 bits per heavy atom. The van der Waals surface area contributed by atoms with Crippen LogP contribution in [0.1, 0.15) is 13.8 Å². The van der Waals surface area contributed by atoms with E-state index in [1.807, 2.05) is 0 Å². The van der Waals surface area contributed by atoms with Gasteiger partial charge in [0.1, 0.15) is 12.7 Å². The standard InChI is InChI=1S/C8H17N5O2S/c1-3-13(4-2)16(14,15)11-5-6-12-8-9-7-10-12/h7-8,11H,3-6H2,1-2H3. The van der Waals surface area contributed by atoms with Crippen LogP contribution < -0.4 is 4.72 Å². The lowest BCUT2D eigenvalue weighted by molar-refractivity contribution is 0.432. The number of hydrogen-bond donors (Lipinski definition) is 1. The topological polar surface area (TPSA) is 80.1 Å². The summed E-state index contributed by atoms with van der Waals surface area (Å²) >= 11 is 0. The molecule has 0 amide bonds. The lowest BCUT2D eigenvalue weighted by atomic mass is 10.7. The largest absolute Gasteiger partial charge is 0.279 e. The molecule has 16 heavy (non-hydrogen) atoms. The lowest BCUT2D eigenvalue weighted by Crippen LogP contribution is -2.41. The van der Waals surface area contributed by atoms with Crippen molar-refractivity contribution in [2.75, 3.05) is 19.6 Å². The summed E-state index contributed by atoms with van der Waals surface area (Å²) in [5.41, 5.74) is 0. The van der Waals surface area contributed by atoms with Gasteiger partial charge in [0.2, 0.25) is 0 Å². The Kier molecular flexibility index (Phi) is 4.84. The van der Waals surface area contributed by atoms with Crippen LogP contribution in [0.15, 0.2) is 12.7 Å². The lowest BCUT2D eigenvalue weighted by Gasteiger charge is -2.18. The van der Waals surface area contributed by atoms with Gasteiger partial charge in [0, 0.05) is 19.6 Å². The highest BCUT2D eigenvalue weighted by Gasteiger charge is 2.17. The van der Waals surface area contributed by atoms with Crippen molar-refractivity contribution in [1.82, 2.24) is 23.8 Å². The Hall–Kier alpha value is -0.990. The van der Waals surface area contributed by atoms with Crippen molar-refractivity contribution < 1.29 is 8.42 Å². The molecule has 0 saturated heterocycles. The maximum absolute atomic E-state index is 11.7. The molecule has 0 unspecified atom stereocenters. The van der Waals surface area contributed by atoms with Crippen LogP contribution in [0.2, 0.25) is 0 Å². The summed E-state index contributed by atoms with van der Waals surface area (Å²) in [4.78, 5) is 3.77. The quantitative estimate of drug-likeness (QED) is 0.701. The van der Waals surface area contributed by atoms with E-state index in [1.54, 1.807) is 24.9 Å². The molecule has 0 spiro atoms. The van der Waals surface area contributed by atoms with Gasteiger partial charge in [0.15, 0.2) is 0 Å². The first-order valence-corrected chi connectivity index (χ1v) is 6.61. The van der Waals surface area contributed by atoms with E-state index < -0.39 is 10.2 Å². The van der Waals surface area contributed by atoms with Crippen molar-refractivity contribution in [3.63, 3.8) is 0 Å². The van der Waals surface area contributed by atoms with Gasteiger partial charge in [0.05, 0.1) is 6.54 Å². The Labute approximate surface area is 95.7 Å². The third-order valence-electron chi connectivity index (χ3n) is 2.14. The van der Waals surface area contributed by atoms with Gasteiger partial charge in [-0.15, -0.1) is 0 Å². The van der Waals surface area contributed by atoms with Gasteiger partial charge in [-0.3, -0.25) is 4.68 Å². The van der Waals surface area contributed by atoms with Crippen LogP contribution in [0, 0.1) is 0 Å². The molecule has 0 atom stereocenters. The van der Waals surface area contributed by atoms with Crippen LogP contribution in [-0.4, -0.2) is 47.1 Å². The average Bonchev–Trinajstić information content (AvgIpc) is 2.71. The van der Waals surface area contributed by atoms with Crippen molar-refractivity contribution in [3.8, 4) is 0 Å². The number of rotatable bonds is 7. The number of nitrogens with zero attached hydrogens (tertiary/aromatic N) is 4. The van der Waals surface area contributed by atoms with Crippen LogP contribution in [0.5, 0.6) is 0 Å². The third kappa shape index (κ3) is 3.54. The van der Waals surface area contributed by atoms with E-state index in [2.05, 4.69) is 14.8 Å². The molecule has 0 bridgehead atoms. The van der Waals surface area contributed by atoms with E-state index in [1.165, 1.54) is 10.6 Å². The minimum Gasteiger partial charge on any atom is -0.252 e. The smallest absolute Gasteiger partial charge is 0.252 e. The summed E-state index contributed by atoms with van der Waals surface area (Å²) in [6, 6.07) is 0. The molecule has 0 saturated carbocycles. The van der Waals surface area contributed by atoms with Crippen molar-refractivity contribution in [1.29, 1.82) is 0 Å². The number of hydrogen-bond acceptors (Lipinski definition) is 4. The van der Waals surface area contributed by atoms with E-state index in [4.69, 9.17) is 0 Å². The highest BCUT2D eigenvalue weighted by atomic mass is 32.2. The summed E-state index contributed by atoms with van der Waals surface area (Å²) in [6.07, 6.45) is 2.96. The van der Waals surface area contributed by atoms with Crippen LogP contribution in [-0.2, 0) is 16.8 Å². The van der Waals surface area contributed by atoms with Gasteiger partial charge in [-0.1, -0.05) is 13.8 Å². The second-order valence-corrected chi connectivity index (χ2v) is 4.90. The van der Waals surface area contributed by atoms with E-state index in [-0.39, 0.29) is 0 Å². The van der Waals surface area contributed by atoms with Gasteiger partial charge in [0.25, 0.3) is 10.2 Å². The predicted molar refractivity (Wildman–Crippen MR) is 59.9 cm³/mol. The van der Waals surface area contributed by atoms with Gasteiger partial charge in [-0.25, -0.2) is 9.71 Å². The summed E-state index contributed by atoms with van der Waals surface area (Å²) < 4.78 is 28.8. The first-order valence-electron chi connectivity index (χ1n) is 5.17. The molecule has 92 valence electrons. The molecule has 1 rings (SSSR count). The minimum atomic E-state index is -3.35. The van der Waals surface area contributed by atoms with Gasteiger partial charge >= 0.3 is 0 Å². The fourth-order valence-electron chi connectivity index (χ4n) is 1.29. The summed E-state index contributed by atoms with van der Waals surface area (Å²) in [5.74, 6) is 0. The minimum absolute atomic E-state index is 0.308. The Morgan fingerprint density at radius 1 is 1.38 bits per heavy atom. The maximum Gasteiger partial charge on any atom is 0.279 e. The maximum atomic E-state index is 11.7. The van der Waals surface area contributed by atoms with E-state index >= 15 is 0 Å². The van der Waals surface area contributed by atoms with Crippen LogP contribution in [0.4, 0.5) is 0 Å². The summed E-state index contributed by atoms with van der Waals surface area (Å²) in [7, 11) is -3.35. The molecular weight excluding hydrogens is 230 g/mol. The molecule has 1 heterocycles. The zero-order valence-corrected chi connectivity index (χ0v) is 10.3. The number of aromatic nitrogens is 3. The molecule has 0 fully saturated rings. The van der Waals surface area contributed by atoms with E-state index in [9.17, 15) is 8.42 Å². The molecule has 1 aromatic rings.